The summed E-state index contributed by atoms with van der Waals surface area (Å²) in [5, 5.41) is 6.19. The highest BCUT2D eigenvalue weighted by atomic mass is 35.5. The van der Waals surface area contributed by atoms with E-state index in [4.69, 9.17) is 11.6 Å². The summed E-state index contributed by atoms with van der Waals surface area (Å²) >= 11 is 5.95. The van der Waals surface area contributed by atoms with E-state index in [0.717, 1.165) is 16.8 Å². The van der Waals surface area contributed by atoms with Gasteiger partial charge in [-0.2, -0.15) is 0 Å². The number of hydrogen-bond donors (Lipinski definition) is 2. The standard InChI is InChI=1S/C19H22ClN3O2/c1-13-4-8-16(9-5-13)21-18(24)11-23(3)12-19(25)22-17-10-15(20)7-6-14(17)2/h4-10H,11-12H2,1-3H3,(H,21,24)(H,22,25). The molecule has 2 N–H and O–H groups in total. The molecule has 0 saturated carbocycles. The van der Waals surface area contributed by atoms with E-state index in [1.807, 2.05) is 44.2 Å². The molecule has 0 saturated heterocycles. The third kappa shape index (κ3) is 6.21. The van der Waals surface area contributed by atoms with Crippen molar-refractivity contribution in [2.45, 2.75) is 13.8 Å². The third-order valence-corrected chi connectivity index (χ3v) is 3.87. The van der Waals surface area contributed by atoms with Crippen LogP contribution in [0.15, 0.2) is 42.5 Å². The zero-order valence-corrected chi connectivity index (χ0v) is 15.4. The number of nitrogens with one attached hydrogen (secondary N) is 2. The number of carbonyl (C=O) groups excluding carboxylic acids is 2. The lowest BCUT2D eigenvalue weighted by Gasteiger charge is -2.16. The first-order chi connectivity index (χ1) is 11.8. The molecule has 2 aromatic carbocycles. The van der Waals surface area contributed by atoms with Crippen molar-refractivity contribution in [3.63, 3.8) is 0 Å². The number of benzene rings is 2. The van der Waals surface area contributed by atoms with Crippen LogP contribution in [0, 0.1) is 13.8 Å². The zero-order chi connectivity index (χ0) is 18.4. The lowest BCUT2D eigenvalue weighted by molar-refractivity contribution is -0.119. The Bertz CT molecular complexity index is 760. The fourth-order valence-corrected chi connectivity index (χ4v) is 2.47. The van der Waals surface area contributed by atoms with Crippen molar-refractivity contribution < 1.29 is 9.59 Å². The van der Waals surface area contributed by atoms with Crippen molar-refractivity contribution in [2.75, 3.05) is 30.8 Å². The van der Waals surface area contributed by atoms with Gasteiger partial charge in [-0.1, -0.05) is 35.4 Å². The molecule has 0 bridgehead atoms. The van der Waals surface area contributed by atoms with E-state index in [1.54, 1.807) is 24.1 Å². The van der Waals surface area contributed by atoms with E-state index in [9.17, 15) is 9.59 Å². The molecule has 0 aliphatic heterocycles. The summed E-state index contributed by atoms with van der Waals surface area (Å²) in [6, 6.07) is 12.9. The second-order valence-corrected chi connectivity index (χ2v) is 6.53. The van der Waals surface area contributed by atoms with Gasteiger partial charge in [0.25, 0.3) is 0 Å². The number of anilines is 2. The van der Waals surface area contributed by atoms with Gasteiger partial charge in [0.2, 0.25) is 11.8 Å². The van der Waals surface area contributed by atoms with Crippen LogP contribution in [0.3, 0.4) is 0 Å². The van der Waals surface area contributed by atoms with E-state index in [-0.39, 0.29) is 24.9 Å². The van der Waals surface area contributed by atoms with E-state index in [0.29, 0.717) is 10.7 Å². The Balaban J connectivity index is 1.83. The second kappa shape index (κ2) is 8.65. The van der Waals surface area contributed by atoms with Crippen molar-refractivity contribution in [3.05, 3.63) is 58.6 Å². The summed E-state index contributed by atoms with van der Waals surface area (Å²) in [4.78, 5) is 25.8. The van der Waals surface area contributed by atoms with Crippen LogP contribution in [-0.2, 0) is 9.59 Å². The Morgan fingerprint density at radius 1 is 0.960 bits per heavy atom. The van der Waals surface area contributed by atoms with Gasteiger partial charge in [0.05, 0.1) is 13.1 Å². The molecule has 0 atom stereocenters. The molecule has 2 amide bonds. The largest absolute Gasteiger partial charge is 0.325 e. The van der Waals surface area contributed by atoms with Gasteiger partial charge in [-0.15, -0.1) is 0 Å². The monoisotopic (exact) mass is 359 g/mol. The molecule has 0 heterocycles. The molecule has 0 aromatic heterocycles. The number of amides is 2. The van der Waals surface area contributed by atoms with Gasteiger partial charge < -0.3 is 10.6 Å². The molecule has 2 rings (SSSR count). The van der Waals surface area contributed by atoms with Gasteiger partial charge in [0.15, 0.2) is 0 Å². The minimum Gasteiger partial charge on any atom is -0.325 e. The third-order valence-electron chi connectivity index (χ3n) is 3.64. The average Bonchev–Trinajstić information content (AvgIpc) is 2.52. The van der Waals surface area contributed by atoms with Crippen LogP contribution in [0.2, 0.25) is 5.02 Å². The zero-order valence-electron chi connectivity index (χ0n) is 14.6. The van der Waals surface area contributed by atoms with Crippen LogP contribution in [0.4, 0.5) is 11.4 Å². The molecular formula is C19H22ClN3O2. The fraction of sp³-hybridized carbons (Fsp3) is 0.263. The van der Waals surface area contributed by atoms with Crippen LogP contribution in [-0.4, -0.2) is 36.9 Å². The fourth-order valence-electron chi connectivity index (χ4n) is 2.30. The molecule has 5 nitrogen and oxygen atoms in total. The van der Waals surface area contributed by atoms with Gasteiger partial charge in [-0.3, -0.25) is 14.5 Å². The molecule has 132 valence electrons. The summed E-state index contributed by atoms with van der Waals surface area (Å²) < 4.78 is 0. The smallest absolute Gasteiger partial charge is 0.238 e. The number of hydrogen-bond acceptors (Lipinski definition) is 3. The first-order valence-electron chi connectivity index (χ1n) is 7.94. The quantitative estimate of drug-likeness (QED) is 0.830. The molecule has 0 radical (unpaired) electrons. The van der Waals surface area contributed by atoms with Crippen LogP contribution in [0.5, 0.6) is 0 Å². The maximum atomic E-state index is 12.1. The molecule has 0 fully saturated rings. The summed E-state index contributed by atoms with van der Waals surface area (Å²) in [6.45, 7) is 4.10. The molecule has 6 heteroatoms. The van der Waals surface area contributed by atoms with Crippen molar-refractivity contribution in [1.82, 2.24) is 4.90 Å². The molecule has 0 aliphatic carbocycles. The average molecular weight is 360 g/mol. The topological polar surface area (TPSA) is 61.4 Å². The van der Waals surface area contributed by atoms with Crippen molar-refractivity contribution in [3.8, 4) is 0 Å². The SMILES string of the molecule is Cc1ccc(NC(=O)CN(C)CC(=O)Nc2cc(Cl)ccc2C)cc1. The molecule has 0 unspecified atom stereocenters. The predicted octanol–water partition coefficient (Wildman–Crippen LogP) is 3.47. The van der Waals surface area contributed by atoms with E-state index in [2.05, 4.69) is 10.6 Å². The van der Waals surface area contributed by atoms with Crippen LogP contribution >= 0.6 is 11.6 Å². The minimum absolute atomic E-state index is 0.104. The maximum absolute atomic E-state index is 12.1. The lowest BCUT2D eigenvalue weighted by Crippen LogP contribution is -2.36. The number of rotatable bonds is 6. The van der Waals surface area contributed by atoms with Gasteiger partial charge in [-0.05, 0) is 50.7 Å². The van der Waals surface area contributed by atoms with E-state index in [1.165, 1.54) is 0 Å². The van der Waals surface area contributed by atoms with Crippen molar-refractivity contribution in [1.29, 1.82) is 0 Å². The second-order valence-electron chi connectivity index (χ2n) is 6.09. The highest BCUT2D eigenvalue weighted by Gasteiger charge is 2.12. The number of aryl methyl sites for hydroxylation is 2. The molecule has 0 spiro atoms. The lowest BCUT2D eigenvalue weighted by atomic mass is 10.2. The van der Waals surface area contributed by atoms with Crippen LogP contribution in [0.1, 0.15) is 11.1 Å². The van der Waals surface area contributed by atoms with Gasteiger partial charge in [0, 0.05) is 16.4 Å². The molecule has 2 aromatic rings. The van der Waals surface area contributed by atoms with Crippen molar-refractivity contribution >= 4 is 34.8 Å². The van der Waals surface area contributed by atoms with E-state index < -0.39 is 0 Å². The molecule has 25 heavy (non-hydrogen) atoms. The Kier molecular flexibility index (Phi) is 6.56. The van der Waals surface area contributed by atoms with Crippen LogP contribution < -0.4 is 10.6 Å². The van der Waals surface area contributed by atoms with Gasteiger partial charge >= 0.3 is 0 Å². The number of halogens is 1. The normalized spacial score (nSPS) is 10.6. The Morgan fingerprint density at radius 2 is 1.56 bits per heavy atom. The summed E-state index contributed by atoms with van der Waals surface area (Å²) in [5.41, 5.74) is 3.47. The molecule has 0 aliphatic rings. The number of likely N-dealkylation sites (N-methyl/N-ethyl adjacent to an activating group) is 1. The van der Waals surface area contributed by atoms with Gasteiger partial charge in [0.1, 0.15) is 0 Å². The Hall–Kier alpha value is -2.37. The summed E-state index contributed by atoms with van der Waals surface area (Å²) in [5.74, 6) is -0.367. The summed E-state index contributed by atoms with van der Waals surface area (Å²) in [6.07, 6.45) is 0. The Labute approximate surface area is 153 Å². The predicted molar refractivity (Wildman–Crippen MR) is 102 cm³/mol. The number of nitrogens with zero attached hydrogens (tertiary/aromatic N) is 1. The Morgan fingerprint density at radius 3 is 2.20 bits per heavy atom. The van der Waals surface area contributed by atoms with Crippen LogP contribution in [0.25, 0.3) is 0 Å². The maximum Gasteiger partial charge on any atom is 0.238 e. The highest BCUT2D eigenvalue weighted by molar-refractivity contribution is 6.31. The van der Waals surface area contributed by atoms with E-state index >= 15 is 0 Å². The first kappa shape index (κ1) is 19.0. The highest BCUT2D eigenvalue weighted by Crippen LogP contribution is 2.20. The number of carbonyl (C=O) groups is 2. The molecular weight excluding hydrogens is 338 g/mol. The first-order valence-corrected chi connectivity index (χ1v) is 8.32. The minimum atomic E-state index is -0.198. The van der Waals surface area contributed by atoms with Crippen molar-refractivity contribution in [2.24, 2.45) is 0 Å². The van der Waals surface area contributed by atoms with Gasteiger partial charge in [-0.25, -0.2) is 0 Å². The summed E-state index contributed by atoms with van der Waals surface area (Å²) in [7, 11) is 1.72.